The first kappa shape index (κ1) is 19.7. The lowest BCUT2D eigenvalue weighted by Gasteiger charge is -2.48. The van der Waals surface area contributed by atoms with E-state index in [-0.39, 0.29) is 5.41 Å². The fraction of sp³-hybridized carbons (Fsp3) is 0.842. The minimum absolute atomic E-state index is 0.241. The second kappa shape index (κ2) is 8.74. The van der Waals surface area contributed by atoms with Crippen LogP contribution in [0.1, 0.15) is 57.7 Å². The second-order valence-electron chi connectivity index (χ2n) is 8.35. The molecule has 146 valence electrons. The van der Waals surface area contributed by atoms with Gasteiger partial charge in [0.05, 0.1) is 12.3 Å². The first-order valence-electron chi connectivity index (χ1n) is 9.80. The smallest absolute Gasteiger partial charge is 0.240 e. The van der Waals surface area contributed by atoms with Gasteiger partial charge in [-0.25, -0.2) is 0 Å². The quantitative estimate of drug-likeness (QED) is 0.724. The maximum absolute atomic E-state index is 12.3. The Balaban J connectivity index is 1.59. The maximum atomic E-state index is 12.3. The van der Waals surface area contributed by atoms with Crippen LogP contribution in [-0.4, -0.2) is 58.3 Å². The number of thioether (sulfide) groups is 1. The number of carbonyl (C=O) groups is 1. The van der Waals surface area contributed by atoms with Crippen LogP contribution in [-0.2, 0) is 17.1 Å². The van der Waals surface area contributed by atoms with Crippen LogP contribution < -0.4 is 0 Å². The predicted octanol–water partition coefficient (Wildman–Crippen LogP) is 3.18. The molecular formula is C19H32N4O2S. The molecule has 1 spiro atoms. The summed E-state index contributed by atoms with van der Waals surface area (Å²) in [5, 5.41) is 4.05. The van der Waals surface area contributed by atoms with Crippen LogP contribution in [0.2, 0.25) is 0 Å². The van der Waals surface area contributed by atoms with Gasteiger partial charge in [-0.15, -0.1) is 0 Å². The minimum atomic E-state index is 0.241. The Hall–Kier alpha value is -1.08. The molecule has 6 nitrogen and oxygen atoms in total. The van der Waals surface area contributed by atoms with E-state index in [1.807, 2.05) is 6.26 Å². The summed E-state index contributed by atoms with van der Waals surface area (Å²) in [5.74, 6) is 3.26. The lowest BCUT2D eigenvalue weighted by Crippen LogP contribution is -2.54. The standard InChI is InChI=1S/C19H32N4O2S/c1-15(2)6-10-23-14-19(8-5-18(23)24)7-4-9-22(13-19)11-17-20-16(12-26-3)21-25-17/h15H,4-14H2,1-3H3/t19-/m0/s1. The highest BCUT2D eigenvalue weighted by atomic mass is 32.2. The summed E-state index contributed by atoms with van der Waals surface area (Å²) in [5.41, 5.74) is 0.241. The van der Waals surface area contributed by atoms with Gasteiger partial charge in [-0.1, -0.05) is 19.0 Å². The highest BCUT2D eigenvalue weighted by molar-refractivity contribution is 7.97. The molecule has 1 aromatic heterocycles. The first-order chi connectivity index (χ1) is 12.5. The number of amides is 1. The molecule has 0 N–H and O–H groups in total. The van der Waals surface area contributed by atoms with Gasteiger partial charge < -0.3 is 9.42 Å². The molecule has 2 saturated heterocycles. The average molecular weight is 381 g/mol. The Labute approximate surface area is 161 Å². The molecule has 1 aromatic rings. The number of nitrogens with zero attached hydrogens (tertiary/aromatic N) is 4. The zero-order chi connectivity index (χ0) is 18.6. The summed E-state index contributed by atoms with van der Waals surface area (Å²) in [4.78, 5) is 21.4. The fourth-order valence-corrected chi connectivity index (χ4v) is 4.61. The number of likely N-dealkylation sites (tertiary alicyclic amines) is 2. The van der Waals surface area contributed by atoms with E-state index in [0.717, 1.165) is 63.0 Å². The number of rotatable bonds is 7. The molecule has 0 aromatic carbocycles. The number of hydrogen-bond donors (Lipinski definition) is 0. The lowest BCUT2D eigenvalue weighted by molar-refractivity contribution is -0.139. The third kappa shape index (κ3) is 5.00. The van der Waals surface area contributed by atoms with Crippen LogP contribution in [0.25, 0.3) is 0 Å². The van der Waals surface area contributed by atoms with E-state index in [1.165, 1.54) is 12.8 Å². The summed E-state index contributed by atoms with van der Waals surface area (Å²) in [6.45, 7) is 9.09. The molecule has 3 heterocycles. The van der Waals surface area contributed by atoms with Crippen molar-refractivity contribution in [3.05, 3.63) is 11.7 Å². The molecule has 0 aliphatic carbocycles. The molecule has 2 fully saturated rings. The van der Waals surface area contributed by atoms with Crippen molar-refractivity contribution in [2.24, 2.45) is 11.3 Å². The molecule has 0 unspecified atom stereocenters. The average Bonchev–Trinajstić information content (AvgIpc) is 3.03. The van der Waals surface area contributed by atoms with Crippen LogP contribution in [0, 0.1) is 11.3 Å². The van der Waals surface area contributed by atoms with Gasteiger partial charge in [0.25, 0.3) is 0 Å². The van der Waals surface area contributed by atoms with E-state index >= 15 is 0 Å². The normalized spacial score (nSPS) is 24.8. The molecule has 3 rings (SSSR count). The zero-order valence-corrected chi connectivity index (χ0v) is 17.2. The highest BCUT2D eigenvalue weighted by Gasteiger charge is 2.41. The van der Waals surface area contributed by atoms with Crippen molar-refractivity contribution in [2.45, 2.75) is 58.2 Å². The highest BCUT2D eigenvalue weighted by Crippen LogP contribution is 2.39. The largest absolute Gasteiger partial charge is 0.342 e. The van der Waals surface area contributed by atoms with E-state index in [9.17, 15) is 4.79 Å². The van der Waals surface area contributed by atoms with Gasteiger partial charge in [-0.3, -0.25) is 9.69 Å². The first-order valence-corrected chi connectivity index (χ1v) is 11.2. The van der Waals surface area contributed by atoms with Crippen LogP contribution in [0.15, 0.2) is 4.52 Å². The van der Waals surface area contributed by atoms with Gasteiger partial charge in [0.15, 0.2) is 5.82 Å². The lowest BCUT2D eigenvalue weighted by atomic mass is 9.73. The summed E-state index contributed by atoms with van der Waals surface area (Å²) >= 11 is 1.70. The van der Waals surface area contributed by atoms with Crippen molar-refractivity contribution in [1.29, 1.82) is 0 Å². The number of hydrogen-bond acceptors (Lipinski definition) is 6. The van der Waals surface area contributed by atoms with Gasteiger partial charge >= 0.3 is 0 Å². The van der Waals surface area contributed by atoms with Gasteiger partial charge in [-0.05, 0) is 44.4 Å². The Morgan fingerprint density at radius 3 is 2.92 bits per heavy atom. The Morgan fingerprint density at radius 2 is 2.15 bits per heavy atom. The topological polar surface area (TPSA) is 62.5 Å². The van der Waals surface area contributed by atoms with E-state index < -0.39 is 0 Å². The number of piperidine rings is 2. The van der Waals surface area contributed by atoms with Crippen LogP contribution in [0.3, 0.4) is 0 Å². The Kier molecular flexibility index (Phi) is 6.61. The number of aromatic nitrogens is 2. The molecule has 0 bridgehead atoms. The zero-order valence-electron chi connectivity index (χ0n) is 16.4. The molecule has 26 heavy (non-hydrogen) atoms. The SMILES string of the molecule is CSCc1noc(CN2CCC[C@]3(CCC(=O)N(CCC(C)C)C3)C2)n1. The van der Waals surface area contributed by atoms with Crippen LogP contribution in [0.4, 0.5) is 0 Å². The van der Waals surface area contributed by atoms with E-state index in [4.69, 9.17) is 4.52 Å². The fourth-order valence-electron chi connectivity index (χ4n) is 4.23. The third-order valence-electron chi connectivity index (χ3n) is 5.61. The Morgan fingerprint density at radius 1 is 1.31 bits per heavy atom. The summed E-state index contributed by atoms with van der Waals surface area (Å²) in [6, 6.07) is 0. The molecule has 1 atom stereocenters. The molecule has 0 radical (unpaired) electrons. The minimum Gasteiger partial charge on any atom is -0.342 e. The van der Waals surface area contributed by atoms with Gasteiger partial charge in [-0.2, -0.15) is 16.7 Å². The summed E-state index contributed by atoms with van der Waals surface area (Å²) in [6.07, 6.45) is 7.24. The van der Waals surface area contributed by atoms with Gasteiger partial charge in [0.1, 0.15) is 0 Å². The Bertz CT molecular complexity index is 606. The summed E-state index contributed by atoms with van der Waals surface area (Å²) < 4.78 is 5.42. The molecule has 2 aliphatic heterocycles. The van der Waals surface area contributed by atoms with E-state index in [0.29, 0.717) is 18.2 Å². The van der Waals surface area contributed by atoms with Crippen molar-refractivity contribution in [1.82, 2.24) is 19.9 Å². The molecule has 1 amide bonds. The van der Waals surface area contributed by atoms with E-state index in [2.05, 4.69) is 33.8 Å². The van der Waals surface area contributed by atoms with Crippen molar-refractivity contribution in [3.63, 3.8) is 0 Å². The van der Waals surface area contributed by atoms with Crippen LogP contribution >= 0.6 is 11.8 Å². The number of carbonyl (C=O) groups excluding carboxylic acids is 1. The van der Waals surface area contributed by atoms with Crippen molar-refractivity contribution in [2.75, 3.05) is 32.4 Å². The predicted molar refractivity (Wildman–Crippen MR) is 104 cm³/mol. The van der Waals surface area contributed by atoms with Gasteiger partial charge in [0, 0.05) is 31.5 Å². The van der Waals surface area contributed by atoms with Crippen LogP contribution in [0.5, 0.6) is 0 Å². The van der Waals surface area contributed by atoms with E-state index in [1.54, 1.807) is 11.8 Å². The van der Waals surface area contributed by atoms with Crippen molar-refractivity contribution >= 4 is 17.7 Å². The second-order valence-corrected chi connectivity index (χ2v) is 9.22. The summed E-state index contributed by atoms with van der Waals surface area (Å²) in [7, 11) is 0. The monoisotopic (exact) mass is 380 g/mol. The maximum Gasteiger partial charge on any atom is 0.240 e. The molecule has 2 aliphatic rings. The van der Waals surface area contributed by atoms with Gasteiger partial charge in [0.2, 0.25) is 11.8 Å². The molecule has 7 heteroatoms. The van der Waals surface area contributed by atoms with Crippen molar-refractivity contribution in [3.8, 4) is 0 Å². The van der Waals surface area contributed by atoms with Crippen molar-refractivity contribution < 1.29 is 9.32 Å². The molecular weight excluding hydrogens is 348 g/mol. The molecule has 0 saturated carbocycles. The third-order valence-corrected chi connectivity index (χ3v) is 6.15.